The van der Waals surface area contributed by atoms with Crippen LogP contribution in [-0.4, -0.2) is 19.5 Å². The summed E-state index contributed by atoms with van der Waals surface area (Å²) < 4.78 is 10.3. The Morgan fingerprint density at radius 2 is 1.58 bits per heavy atom. The molecule has 0 saturated carbocycles. The van der Waals surface area contributed by atoms with E-state index in [0.717, 1.165) is 0 Å². The highest BCUT2D eigenvalue weighted by Crippen LogP contribution is 2.31. The summed E-state index contributed by atoms with van der Waals surface area (Å²) in [5.74, 6) is 1.07. The van der Waals surface area contributed by atoms with E-state index in [1.807, 2.05) is 0 Å². The molecule has 0 radical (unpaired) electrons. The van der Waals surface area contributed by atoms with Crippen LogP contribution in [0.25, 0.3) is 0 Å². The Morgan fingerprint density at radius 3 is 2.25 bits per heavy atom. The minimum atomic E-state index is -0.126. The highest BCUT2D eigenvalue weighted by molar-refractivity contribution is 6.65. The van der Waals surface area contributed by atoms with Crippen LogP contribution < -0.4 is 14.9 Å². The number of ether oxygens (including phenoxy) is 2. The second-order valence-electron chi connectivity index (χ2n) is 4.35. The summed E-state index contributed by atoms with van der Waals surface area (Å²) in [6, 6.07) is 10.0. The van der Waals surface area contributed by atoms with Crippen molar-refractivity contribution in [2.24, 2.45) is 15.3 Å². The van der Waals surface area contributed by atoms with Crippen LogP contribution in [0.5, 0.6) is 11.5 Å². The maximum atomic E-state index is 5.93. The maximum absolute atomic E-state index is 5.93. The van der Waals surface area contributed by atoms with Crippen LogP contribution in [0.1, 0.15) is 0 Å². The largest absolute Gasteiger partial charge is 0.495 e. The highest BCUT2D eigenvalue weighted by Gasteiger charge is 2.05. The molecule has 0 bridgehead atoms. The van der Waals surface area contributed by atoms with Gasteiger partial charge < -0.3 is 9.47 Å². The SMILES string of the molecule is COc1ccc(Cl)cc1N=N/C(Cl)=N/Nc1cc(Cl)ccc1OC. The zero-order valence-corrected chi connectivity index (χ0v) is 15.0. The summed E-state index contributed by atoms with van der Waals surface area (Å²) in [7, 11) is 3.05. The molecule has 0 aromatic heterocycles. The molecule has 1 N–H and O–H groups in total. The van der Waals surface area contributed by atoms with Gasteiger partial charge in [-0.25, -0.2) is 0 Å². The fourth-order valence-corrected chi connectivity index (χ4v) is 2.15. The summed E-state index contributed by atoms with van der Waals surface area (Å²) >= 11 is 17.8. The molecule has 0 saturated heterocycles. The number of anilines is 1. The normalized spacial score (nSPS) is 11.6. The first kappa shape index (κ1) is 18.3. The molecule has 0 amide bonds. The fraction of sp³-hybridized carbons (Fsp3) is 0.133. The number of hydrogen-bond donors (Lipinski definition) is 1. The lowest BCUT2D eigenvalue weighted by molar-refractivity contribution is 0.416. The van der Waals surface area contributed by atoms with Crippen LogP contribution in [0.3, 0.4) is 0 Å². The van der Waals surface area contributed by atoms with Crippen molar-refractivity contribution in [1.29, 1.82) is 0 Å². The number of rotatable bonds is 5. The number of benzene rings is 2. The molecule has 0 aliphatic carbocycles. The third-order valence-corrected chi connectivity index (χ3v) is 3.44. The average molecular weight is 388 g/mol. The molecule has 0 heterocycles. The molecule has 0 aliphatic rings. The predicted octanol–water partition coefficient (Wildman–Crippen LogP) is 5.72. The molecule has 0 aliphatic heterocycles. The summed E-state index contributed by atoms with van der Waals surface area (Å²) in [5, 5.41) is 12.6. The first-order valence-corrected chi connectivity index (χ1v) is 7.75. The van der Waals surface area contributed by atoms with Gasteiger partial charge in [0.1, 0.15) is 17.2 Å². The molecule has 9 heteroatoms. The molecule has 2 aromatic carbocycles. The van der Waals surface area contributed by atoms with Gasteiger partial charge in [-0.05, 0) is 48.0 Å². The van der Waals surface area contributed by atoms with Gasteiger partial charge in [0, 0.05) is 10.0 Å². The van der Waals surface area contributed by atoms with E-state index in [2.05, 4.69) is 20.8 Å². The smallest absolute Gasteiger partial charge is 0.260 e. The van der Waals surface area contributed by atoms with Gasteiger partial charge in [0.05, 0.1) is 19.9 Å². The third-order valence-electron chi connectivity index (χ3n) is 2.81. The first-order valence-electron chi connectivity index (χ1n) is 6.61. The van der Waals surface area contributed by atoms with Crippen molar-refractivity contribution in [2.45, 2.75) is 0 Å². The van der Waals surface area contributed by atoms with Gasteiger partial charge in [-0.15, -0.1) is 15.3 Å². The van der Waals surface area contributed by atoms with Crippen LogP contribution >= 0.6 is 34.8 Å². The third kappa shape index (κ3) is 4.99. The van der Waals surface area contributed by atoms with Crippen molar-refractivity contribution < 1.29 is 9.47 Å². The number of hydrazone groups is 1. The van der Waals surface area contributed by atoms with Gasteiger partial charge in [0.25, 0.3) is 5.29 Å². The Hall–Kier alpha value is -2.02. The Bertz CT molecular complexity index is 781. The zero-order chi connectivity index (χ0) is 17.5. The molecular formula is C15H13Cl3N4O2. The molecule has 0 atom stereocenters. The van der Waals surface area contributed by atoms with E-state index in [9.17, 15) is 0 Å². The molecule has 2 aromatic rings. The van der Waals surface area contributed by atoms with Gasteiger partial charge in [0.15, 0.2) is 0 Å². The summed E-state index contributed by atoms with van der Waals surface area (Å²) in [6.45, 7) is 0. The minimum Gasteiger partial charge on any atom is -0.495 e. The maximum Gasteiger partial charge on any atom is 0.260 e. The summed E-state index contributed by atoms with van der Waals surface area (Å²) in [5.41, 5.74) is 3.69. The van der Waals surface area contributed by atoms with Crippen molar-refractivity contribution in [3.8, 4) is 11.5 Å². The van der Waals surface area contributed by atoms with E-state index in [0.29, 0.717) is 32.9 Å². The van der Waals surface area contributed by atoms with Gasteiger partial charge in [-0.3, -0.25) is 5.43 Å². The number of amidine groups is 1. The van der Waals surface area contributed by atoms with E-state index >= 15 is 0 Å². The molecule has 2 rings (SSSR count). The lowest BCUT2D eigenvalue weighted by atomic mass is 10.3. The summed E-state index contributed by atoms with van der Waals surface area (Å²) in [6.07, 6.45) is 0. The van der Waals surface area contributed by atoms with Crippen LogP contribution in [0.4, 0.5) is 11.4 Å². The van der Waals surface area contributed by atoms with Crippen LogP contribution in [0, 0.1) is 0 Å². The molecule has 24 heavy (non-hydrogen) atoms. The lowest BCUT2D eigenvalue weighted by Gasteiger charge is -2.07. The van der Waals surface area contributed by atoms with E-state index in [1.54, 1.807) is 36.4 Å². The molecule has 126 valence electrons. The van der Waals surface area contributed by atoms with Crippen LogP contribution in [0.2, 0.25) is 10.0 Å². The zero-order valence-electron chi connectivity index (χ0n) is 12.8. The second kappa shape index (κ2) is 8.73. The predicted molar refractivity (Wildman–Crippen MR) is 97.4 cm³/mol. The quantitative estimate of drug-likeness (QED) is 0.235. The summed E-state index contributed by atoms with van der Waals surface area (Å²) in [4.78, 5) is 0. The number of nitrogens with one attached hydrogen (secondary N) is 1. The van der Waals surface area contributed by atoms with E-state index < -0.39 is 0 Å². The van der Waals surface area contributed by atoms with Gasteiger partial charge in [-0.2, -0.15) is 0 Å². The fourth-order valence-electron chi connectivity index (χ4n) is 1.73. The first-order chi connectivity index (χ1) is 11.5. The number of halogens is 3. The Labute approximate surface area is 154 Å². The standard InChI is InChI=1S/C15H13Cl3N4O2/c1-23-13-5-3-9(16)7-11(13)19-21-15(18)22-20-12-8-10(17)4-6-14(12)24-2/h3-8,19H,1-2H3/b21-15+,22-20?. The minimum absolute atomic E-state index is 0.126. The van der Waals surface area contributed by atoms with Crippen LogP contribution in [-0.2, 0) is 0 Å². The number of methoxy groups -OCH3 is 2. The van der Waals surface area contributed by atoms with Crippen LogP contribution in [0.15, 0.2) is 51.7 Å². The van der Waals surface area contributed by atoms with Gasteiger partial charge in [0.2, 0.25) is 0 Å². The van der Waals surface area contributed by atoms with Crippen molar-refractivity contribution in [3.05, 3.63) is 46.4 Å². The second-order valence-corrected chi connectivity index (χ2v) is 5.56. The number of nitrogens with zero attached hydrogens (tertiary/aromatic N) is 3. The van der Waals surface area contributed by atoms with Gasteiger partial charge in [-0.1, -0.05) is 23.2 Å². The average Bonchev–Trinajstić information content (AvgIpc) is 2.58. The van der Waals surface area contributed by atoms with E-state index in [1.165, 1.54) is 14.2 Å². The molecule has 0 spiro atoms. The monoisotopic (exact) mass is 386 g/mol. The highest BCUT2D eigenvalue weighted by atomic mass is 35.5. The van der Waals surface area contributed by atoms with Gasteiger partial charge >= 0.3 is 0 Å². The van der Waals surface area contributed by atoms with Crippen molar-refractivity contribution >= 4 is 51.5 Å². The number of hydrogen-bond acceptors (Lipinski definition) is 5. The molecule has 0 fully saturated rings. The van der Waals surface area contributed by atoms with Crippen molar-refractivity contribution in [1.82, 2.24) is 0 Å². The molecule has 0 unspecified atom stereocenters. The molecular weight excluding hydrogens is 375 g/mol. The lowest BCUT2D eigenvalue weighted by Crippen LogP contribution is -1.95. The Morgan fingerprint density at radius 1 is 0.958 bits per heavy atom. The van der Waals surface area contributed by atoms with Crippen molar-refractivity contribution in [3.63, 3.8) is 0 Å². The molecule has 6 nitrogen and oxygen atoms in total. The number of azo groups is 1. The topological polar surface area (TPSA) is 67.6 Å². The Balaban J connectivity index is 2.15. The van der Waals surface area contributed by atoms with E-state index in [-0.39, 0.29) is 5.29 Å². The van der Waals surface area contributed by atoms with E-state index in [4.69, 9.17) is 44.3 Å². The Kier molecular flexibility index (Phi) is 6.66. The van der Waals surface area contributed by atoms with Crippen molar-refractivity contribution in [2.75, 3.05) is 19.6 Å².